The van der Waals surface area contributed by atoms with E-state index in [-0.39, 0.29) is 11.8 Å². The van der Waals surface area contributed by atoms with Gasteiger partial charge in [0, 0.05) is 11.4 Å². The Morgan fingerprint density at radius 1 is 1.45 bits per heavy atom. The first-order chi connectivity index (χ1) is 9.49. The molecule has 1 aromatic carbocycles. The highest BCUT2D eigenvalue weighted by atomic mass is 35.5. The number of thiazole rings is 1. The molecule has 20 heavy (non-hydrogen) atoms. The van der Waals surface area contributed by atoms with Gasteiger partial charge in [0.2, 0.25) is 0 Å². The molecule has 0 saturated carbocycles. The summed E-state index contributed by atoms with van der Waals surface area (Å²) >= 11 is 7.08. The molecule has 6 heteroatoms. The van der Waals surface area contributed by atoms with Gasteiger partial charge in [-0.1, -0.05) is 11.6 Å². The van der Waals surface area contributed by atoms with Crippen molar-refractivity contribution in [1.82, 2.24) is 4.98 Å². The van der Waals surface area contributed by atoms with E-state index in [1.54, 1.807) is 19.9 Å². The third-order valence-electron chi connectivity index (χ3n) is 2.58. The highest BCUT2D eigenvalue weighted by Gasteiger charge is 2.16. The highest BCUT2D eigenvalue weighted by Crippen LogP contribution is 2.23. The lowest BCUT2D eigenvalue weighted by Gasteiger charge is -2.00. The number of rotatable bonds is 4. The maximum atomic E-state index is 13.3. The number of halogens is 2. The zero-order valence-corrected chi connectivity index (χ0v) is 12.6. The van der Waals surface area contributed by atoms with Crippen molar-refractivity contribution < 1.29 is 13.9 Å². The van der Waals surface area contributed by atoms with Gasteiger partial charge in [0.05, 0.1) is 17.3 Å². The molecule has 0 N–H and O–H groups in total. The predicted molar refractivity (Wildman–Crippen MR) is 77.0 cm³/mol. The van der Waals surface area contributed by atoms with Gasteiger partial charge in [-0.2, -0.15) is 0 Å². The van der Waals surface area contributed by atoms with Crippen molar-refractivity contribution in [3.05, 3.63) is 50.2 Å². The van der Waals surface area contributed by atoms with Crippen molar-refractivity contribution in [2.75, 3.05) is 6.61 Å². The van der Waals surface area contributed by atoms with Crippen LogP contribution in [-0.2, 0) is 11.2 Å². The van der Waals surface area contributed by atoms with Crippen LogP contribution in [0.1, 0.15) is 32.9 Å². The van der Waals surface area contributed by atoms with Gasteiger partial charge in [0.15, 0.2) is 0 Å². The molecule has 0 radical (unpaired) electrons. The van der Waals surface area contributed by atoms with Crippen LogP contribution < -0.4 is 0 Å². The maximum absolute atomic E-state index is 13.3. The lowest BCUT2D eigenvalue weighted by molar-refractivity contribution is 0.0531. The predicted octanol–water partition coefficient (Wildman–Crippen LogP) is 4.01. The number of esters is 1. The first-order valence-corrected chi connectivity index (χ1v) is 7.27. The number of carbonyl (C=O) groups is 1. The fourth-order valence-electron chi connectivity index (χ4n) is 1.80. The summed E-state index contributed by atoms with van der Waals surface area (Å²) in [4.78, 5) is 16.5. The molecule has 0 aliphatic carbocycles. The van der Waals surface area contributed by atoms with E-state index >= 15 is 0 Å². The van der Waals surface area contributed by atoms with E-state index in [1.165, 1.54) is 23.5 Å². The Kier molecular flexibility index (Phi) is 4.73. The molecule has 0 spiro atoms. The number of nitrogens with zero attached hydrogens (tertiary/aromatic N) is 1. The molecule has 3 nitrogen and oxygen atoms in total. The highest BCUT2D eigenvalue weighted by molar-refractivity contribution is 7.13. The largest absolute Gasteiger partial charge is 0.462 e. The minimum Gasteiger partial charge on any atom is -0.462 e. The molecule has 2 rings (SSSR count). The summed E-state index contributed by atoms with van der Waals surface area (Å²) in [5, 5.41) is 1.08. The van der Waals surface area contributed by atoms with E-state index < -0.39 is 0 Å². The summed E-state index contributed by atoms with van der Waals surface area (Å²) in [7, 11) is 0. The Balaban J connectivity index is 2.22. The van der Waals surface area contributed by atoms with Crippen LogP contribution in [0.25, 0.3) is 0 Å². The van der Waals surface area contributed by atoms with Gasteiger partial charge in [-0.3, -0.25) is 0 Å². The summed E-state index contributed by atoms with van der Waals surface area (Å²) < 4.78 is 18.2. The smallest absolute Gasteiger partial charge is 0.350 e. The van der Waals surface area contributed by atoms with Crippen LogP contribution in [0.4, 0.5) is 4.39 Å². The van der Waals surface area contributed by atoms with Crippen LogP contribution in [0.5, 0.6) is 0 Å². The maximum Gasteiger partial charge on any atom is 0.350 e. The molecule has 0 amide bonds. The SMILES string of the molecule is CCOC(=O)c1sc(Cc2cc(F)cc(Cl)c2)nc1C. The Morgan fingerprint density at radius 2 is 2.20 bits per heavy atom. The van der Waals surface area contributed by atoms with E-state index in [4.69, 9.17) is 16.3 Å². The Morgan fingerprint density at radius 3 is 2.85 bits per heavy atom. The summed E-state index contributed by atoms with van der Waals surface area (Å²) in [5.74, 6) is -0.752. The second-order valence-corrected chi connectivity index (χ2v) is 5.72. The average molecular weight is 314 g/mol. The quantitative estimate of drug-likeness (QED) is 0.801. The number of aromatic nitrogens is 1. The van der Waals surface area contributed by atoms with E-state index in [9.17, 15) is 9.18 Å². The summed E-state index contributed by atoms with van der Waals surface area (Å²) in [6.45, 7) is 3.83. The van der Waals surface area contributed by atoms with Crippen LogP contribution >= 0.6 is 22.9 Å². The molecule has 2 aromatic rings. The minimum atomic E-state index is -0.383. The van der Waals surface area contributed by atoms with Crippen LogP contribution in [0.15, 0.2) is 18.2 Å². The van der Waals surface area contributed by atoms with Crippen molar-refractivity contribution >= 4 is 28.9 Å². The van der Waals surface area contributed by atoms with Gasteiger partial charge in [-0.25, -0.2) is 14.2 Å². The number of hydrogen-bond donors (Lipinski definition) is 0. The zero-order valence-electron chi connectivity index (χ0n) is 11.1. The van der Waals surface area contributed by atoms with Crippen molar-refractivity contribution in [1.29, 1.82) is 0 Å². The molecule has 1 heterocycles. The van der Waals surface area contributed by atoms with Gasteiger partial charge in [0.1, 0.15) is 10.7 Å². The molecule has 0 aliphatic rings. The summed E-state index contributed by atoms with van der Waals surface area (Å²) in [6, 6.07) is 4.35. The number of carbonyl (C=O) groups excluding carboxylic acids is 1. The molecule has 0 fully saturated rings. The molecule has 0 aliphatic heterocycles. The van der Waals surface area contributed by atoms with Crippen molar-refractivity contribution in [3.8, 4) is 0 Å². The fourth-order valence-corrected chi connectivity index (χ4v) is 3.04. The first kappa shape index (κ1) is 14.9. The van der Waals surface area contributed by atoms with Crippen molar-refractivity contribution in [2.24, 2.45) is 0 Å². The third-order valence-corrected chi connectivity index (χ3v) is 3.94. The molecule has 1 aromatic heterocycles. The van der Waals surface area contributed by atoms with E-state index in [2.05, 4.69) is 4.98 Å². The third kappa shape index (κ3) is 3.55. The average Bonchev–Trinajstić information content (AvgIpc) is 2.69. The lowest BCUT2D eigenvalue weighted by Crippen LogP contribution is -2.03. The van der Waals surface area contributed by atoms with Gasteiger partial charge in [-0.15, -0.1) is 11.3 Å². The first-order valence-electron chi connectivity index (χ1n) is 6.08. The zero-order chi connectivity index (χ0) is 14.7. The van der Waals surface area contributed by atoms with E-state index in [0.717, 1.165) is 10.6 Å². The molecule has 0 unspecified atom stereocenters. The van der Waals surface area contributed by atoms with Crippen LogP contribution in [-0.4, -0.2) is 17.6 Å². The Bertz CT molecular complexity index is 622. The van der Waals surface area contributed by atoms with Crippen molar-refractivity contribution in [3.63, 3.8) is 0 Å². The van der Waals surface area contributed by atoms with Crippen molar-refractivity contribution in [2.45, 2.75) is 20.3 Å². The molecular formula is C14H13ClFNO2S. The minimum absolute atomic E-state index is 0.324. The van der Waals surface area contributed by atoms with E-state index in [0.29, 0.717) is 28.6 Å². The van der Waals surface area contributed by atoms with Crippen LogP contribution in [0.3, 0.4) is 0 Å². The van der Waals surface area contributed by atoms with Gasteiger partial charge in [0.25, 0.3) is 0 Å². The van der Waals surface area contributed by atoms with Gasteiger partial charge >= 0.3 is 5.97 Å². The second-order valence-electron chi connectivity index (χ2n) is 4.20. The Labute approximate surface area is 125 Å². The fraction of sp³-hybridized carbons (Fsp3) is 0.286. The number of hydrogen-bond acceptors (Lipinski definition) is 4. The lowest BCUT2D eigenvalue weighted by atomic mass is 10.1. The molecule has 106 valence electrons. The second kappa shape index (κ2) is 6.33. The number of aryl methyl sites for hydroxylation is 1. The van der Waals surface area contributed by atoms with E-state index in [1.807, 2.05) is 0 Å². The molecule has 0 saturated heterocycles. The van der Waals surface area contributed by atoms with Gasteiger partial charge < -0.3 is 4.74 Å². The molecule has 0 bridgehead atoms. The van der Waals surface area contributed by atoms with Crippen LogP contribution in [0, 0.1) is 12.7 Å². The summed E-state index contributed by atoms with van der Waals surface area (Å²) in [6.07, 6.45) is 0.433. The topological polar surface area (TPSA) is 39.2 Å². The standard InChI is InChI=1S/C14H13ClFNO2S/c1-3-19-14(18)13-8(2)17-12(20-13)6-9-4-10(15)7-11(16)5-9/h4-5,7H,3,6H2,1-2H3. The van der Waals surface area contributed by atoms with Gasteiger partial charge in [-0.05, 0) is 37.6 Å². The summed E-state index contributed by atoms with van der Waals surface area (Å²) in [5.41, 5.74) is 1.35. The number of ether oxygens (including phenoxy) is 1. The number of benzene rings is 1. The molecule has 0 atom stereocenters. The normalized spacial score (nSPS) is 10.6. The molecular weight excluding hydrogens is 301 g/mol. The Hall–Kier alpha value is -1.46. The monoisotopic (exact) mass is 313 g/mol. The van der Waals surface area contributed by atoms with Crippen LogP contribution in [0.2, 0.25) is 5.02 Å².